The quantitative estimate of drug-likeness (QED) is 0.589. The van der Waals surface area contributed by atoms with E-state index in [9.17, 15) is 14.9 Å². The Balaban J connectivity index is 3.42. The molecule has 0 unspecified atom stereocenters. The smallest absolute Gasteiger partial charge is 0.286 e. The molecule has 7 heteroatoms. The van der Waals surface area contributed by atoms with Crippen molar-refractivity contribution >= 4 is 11.6 Å². The van der Waals surface area contributed by atoms with E-state index in [1.165, 1.54) is 24.1 Å². The van der Waals surface area contributed by atoms with Crippen LogP contribution in [0.2, 0.25) is 0 Å². The number of hydrogen-bond donors (Lipinski definition) is 0. The first-order valence-corrected chi connectivity index (χ1v) is 6.20. The van der Waals surface area contributed by atoms with E-state index >= 15 is 0 Å². The molecule has 0 radical (unpaired) electrons. The summed E-state index contributed by atoms with van der Waals surface area (Å²) >= 11 is 0. The van der Waals surface area contributed by atoms with Gasteiger partial charge >= 0.3 is 0 Å². The van der Waals surface area contributed by atoms with Crippen LogP contribution >= 0.6 is 0 Å². The number of nitro groups is 1. The zero-order valence-corrected chi connectivity index (χ0v) is 12.0. The fourth-order valence-electron chi connectivity index (χ4n) is 1.65. The van der Waals surface area contributed by atoms with E-state index in [1.807, 2.05) is 0 Å². The maximum atomic E-state index is 12.2. The topological polar surface area (TPSA) is 81.9 Å². The van der Waals surface area contributed by atoms with Gasteiger partial charge in [-0.05, 0) is 13.8 Å². The summed E-state index contributed by atoms with van der Waals surface area (Å²) in [4.78, 5) is 24.1. The minimum absolute atomic E-state index is 0.0106. The molecular formula is C13H18N2O5. The number of nitro benzene ring substituents is 1. The molecule has 1 rings (SSSR count). The molecule has 1 aromatic rings. The first kappa shape index (κ1) is 15.7. The number of carbonyl (C=O) groups excluding carboxylic acids is 1. The molecule has 0 fully saturated rings. The first-order chi connectivity index (χ1) is 9.46. The SMILES string of the molecule is CCOc1cc(C(=O)N(C)CC)c([N+](=O)[O-])cc1OC. The molecule has 0 aliphatic carbocycles. The second-order valence-corrected chi connectivity index (χ2v) is 4.03. The van der Waals surface area contributed by atoms with Crippen LogP contribution in [0.4, 0.5) is 5.69 Å². The van der Waals surface area contributed by atoms with Crippen molar-refractivity contribution in [1.82, 2.24) is 4.90 Å². The minimum Gasteiger partial charge on any atom is -0.493 e. The first-order valence-electron chi connectivity index (χ1n) is 6.20. The van der Waals surface area contributed by atoms with E-state index in [0.717, 1.165) is 0 Å². The predicted molar refractivity (Wildman–Crippen MR) is 73.5 cm³/mol. The van der Waals surface area contributed by atoms with Crippen molar-refractivity contribution in [2.24, 2.45) is 0 Å². The number of rotatable bonds is 6. The zero-order valence-electron chi connectivity index (χ0n) is 12.0. The van der Waals surface area contributed by atoms with E-state index in [0.29, 0.717) is 18.9 Å². The summed E-state index contributed by atoms with van der Waals surface area (Å²) in [6.45, 7) is 4.38. The van der Waals surface area contributed by atoms with Crippen LogP contribution in [0.3, 0.4) is 0 Å². The van der Waals surface area contributed by atoms with Crippen LogP contribution in [0, 0.1) is 10.1 Å². The van der Waals surface area contributed by atoms with Crippen molar-refractivity contribution in [3.8, 4) is 11.5 Å². The molecule has 1 aromatic carbocycles. The van der Waals surface area contributed by atoms with Gasteiger partial charge in [-0.1, -0.05) is 0 Å². The van der Waals surface area contributed by atoms with E-state index in [-0.39, 0.29) is 17.0 Å². The molecule has 0 N–H and O–H groups in total. The highest BCUT2D eigenvalue weighted by atomic mass is 16.6. The maximum Gasteiger partial charge on any atom is 0.286 e. The third kappa shape index (κ3) is 3.17. The molecule has 110 valence electrons. The second-order valence-electron chi connectivity index (χ2n) is 4.03. The number of carbonyl (C=O) groups is 1. The molecule has 1 amide bonds. The van der Waals surface area contributed by atoms with Gasteiger partial charge in [-0.25, -0.2) is 0 Å². The van der Waals surface area contributed by atoms with E-state index in [2.05, 4.69) is 0 Å². The summed E-state index contributed by atoms with van der Waals surface area (Å²) in [7, 11) is 2.97. The number of amides is 1. The molecule has 0 atom stereocenters. The average Bonchev–Trinajstić information content (AvgIpc) is 2.45. The molecule has 7 nitrogen and oxygen atoms in total. The van der Waals surface area contributed by atoms with Crippen molar-refractivity contribution < 1.29 is 19.2 Å². The number of hydrogen-bond acceptors (Lipinski definition) is 5. The van der Waals surface area contributed by atoms with Gasteiger partial charge in [-0.3, -0.25) is 14.9 Å². The Morgan fingerprint density at radius 2 is 2.00 bits per heavy atom. The molecule has 0 bridgehead atoms. The van der Waals surface area contributed by atoms with Crippen molar-refractivity contribution in [2.45, 2.75) is 13.8 Å². The predicted octanol–water partition coefficient (Wildman–Crippen LogP) is 2.09. The summed E-state index contributed by atoms with van der Waals surface area (Å²) in [6.07, 6.45) is 0. The molecule has 0 saturated carbocycles. The normalized spacial score (nSPS) is 10.0. The maximum absolute atomic E-state index is 12.2. The second kappa shape index (κ2) is 6.74. The van der Waals surface area contributed by atoms with Gasteiger partial charge in [0.15, 0.2) is 11.5 Å². The van der Waals surface area contributed by atoms with Gasteiger partial charge in [0.2, 0.25) is 0 Å². The molecular weight excluding hydrogens is 264 g/mol. The largest absolute Gasteiger partial charge is 0.493 e. The van der Waals surface area contributed by atoms with Gasteiger partial charge in [0.05, 0.1) is 24.7 Å². The van der Waals surface area contributed by atoms with Crippen LogP contribution in [0.5, 0.6) is 11.5 Å². The molecule has 0 saturated heterocycles. The third-order valence-electron chi connectivity index (χ3n) is 2.83. The Morgan fingerprint density at radius 3 is 2.45 bits per heavy atom. The van der Waals surface area contributed by atoms with Gasteiger partial charge in [0.1, 0.15) is 5.56 Å². The molecule has 20 heavy (non-hydrogen) atoms. The van der Waals surface area contributed by atoms with Gasteiger partial charge in [-0.2, -0.15) is 0 Å². The highest BCUT2D eigenvalue weighted by molar-refractivity contribution is 5.98. The van der Waals surface area contributed by atoms with Crippen LogP contribution in [0.15, 0.2) is 12.1 Å². The van der Waals surface area contributed by atoms with Crippen molar-refractivity contribution in [2.75, 3.05) is 27.3 Å². The Kier molecular flexibility index (Phi) is 5.31. The summed E-state index contributed by atoms with van der Waals surface area (Å²) in [6, 6.07) is 2.57. The van der Waals surface area contributed by atoms with Gasteiger partial charge in [0, 0.05) is 19.7 Å². The third-order valence-corrected chi connectivity index (χ3v) is 2.83. The lowest BCUT2D eigenvalue weighted by Crippen LogP contribution is -2.27. The van der Waals surface area contributed by atoms with Crippen molar-refractivity contribution in [3.63, 3.8) is 0 Å². The monoisotopic (exact) mass is 282 g/mol. The number of methoxy groups -OCH3 is 1. The summed E-state index contributed by atoms with van der Waals surface area (Å²) in [5.74, 6) is 0.116. The van der Waals surface area contributed by atoms with Crippen LogP contribution in [-0.2, 0) is 0 Å². The number of benzene rings is 1. The van der Waals surface area contributed by atoms with Gasteiger partial charge in [-0.15, -0.1) is 0 Å². The van der Waals surface area contributed by atoms with Crippen LogP contribution in [0.1, 0.15) is 24.2 Å². The Hall–Kier alpha value is -2.31. The Morgan fingerprint density at radius 1 is 1.35 bits per heavy atom. The zero-order chi connectivity index (χ0) is 15.3. The van der Waals surface area contributed by atoms with E-state index in [1.54, 1.807) is 20.9 Å². The standard InChI is InChI=1S/C13H18N2O5/c1-5-14(3)13(16)9-7-12(20-6-2)11(19-4)8-10(9)15(17)18/h7-8H,5-6H2,1-4H3. The van der Waals surface area contributed by atoms with Gasteiger partial charge in [0.25, 0.3) is 11.6 Å². The lowest BCUT2D eigenvalue weighted by atomic mass is 10.1. The van der Waals surface area contributed by atoms with Gasteiger partial charge < -0.3 is 14.4 Å². The van der Waals surface area contributed by atoms with Crippen molar-refractivity contribution in [3.05, 3.63) is 27.8 Å². The fourth-order valence-corrected chi connectivity index (χ4v) is 1.65. The Labute approximate surface area is 117 Å². The lowest BCUT2D eigenvalue weighted by Gasteiger charge is -2.16. The number of ether oxygens (including phenoxy) is 2. The highest BCUT2D eigenvalue weighted by Gasteiger charge is 2.26. The molecule has 0 heterocycles. The molecule has 0 aliphatic rings. The lowest BCUT2D eigenvalue weighted by molar-refractivity contribution is -0.385. The Bertz CT molecular complexity index is 516. The minimum atomic E-state index is -0.602. The fraction of sp³-hybridized carbons (Fsp3) is 0.462. The van der Waals surface area contributed by atoms with E-state index in [4.69, 9.17) is 9.47 Å². The van der Waals surface area contributed by atoms with E-state index < -0.39 is 10.8 Å². The summed E-state index contributed by atoms with van der Waals surface area (Å²) in [5, 5.41) is 11.1. The molecule has 0 spiro atoms. The number of nitrogens with zero attached hydrogens (tertiary/aromatic N) is 2. The van der Waals surface area contributed by atoms with Crippen LogP contribution < -0.4 is 9.47 Å². The average molecular weight is 282 g/mol. The summed E-state index contributed by atoms with van der Waals surface area (Å²) in [5.41, 5.74) is -0.306. The summed E-state index contributed by atoms with van der Waals surface area (Å²) < 4.78 is 10.4. The van der Waals surface area contributed by atoms with Crippen LogP contribution in [-0.4, -0.2) is 43.0 Å². The van der Waals surface area contributed by atoms with Crippen molar-refractivity contribution in [1.29, 1.82) is 0 Å². The van der Waals surface area contributed by atoms with Crippen LogP contribution in [0.25, 0.3) is 0 Å². The molecule has 0 aromatic heterocycles. The highest BCUT2D eigenvalue weighted by Crippen LogP contribution is 2.35. The molecule has 0 aliphatic heterocycles.